The molecule has 0 bridgehead atoms. The van der Waals surface area contributed by atoms with Crippen LogP contribution in [0.2, 0.25) is 0 Å². The summed E-state index contributed by atoms with van der Waals surface area (Å²) in [4.78, 5) is 19.8. The van der Waals surface area contributed by atoms with Crippen LogP contribution >= 0.6 is 0 Å². The molecule has 0 spiro atoms. The third-order valence-corrected chi connectivity index (χ3v) is 5.13. The molecule has 1 aromatic carbocycles. The second-order valence-electron chi connectivity index (χ2n) is 7.55. The molecule has 1 aromatic heterocycles. The minimum Gasteiger partial charge on any atom is -0.493 e. The third-order valence-electron chi connectivity index (χ3n) is 5.13. The molecule has 0 unspecified atom stereocenters. The zero-order valence-electron chi connectivity index (χ0n) is 17.0. The lowest BCUT2D eigenvalue weighted by atomic mass is 10.2. The number of carboxylic acids is 1. The maximum Gasteiger partial charge on any atom is 0.338 e. The standard InChI is InChI=1S/C20H27FN4O4/c1-13(2)18-22-20(29-23-18)25-9-7-24(8-10-25)14(3)6-11-28-15-4-5-16(19(26)27)17(21)12-15/h4-5,12-14H,6-11H2,1-3H3,(H,26,27)/t14-/m0/s1. The number of hydrogen-bond donors (Lipinski definition) is 1. The van der Waals surface area contributed by atoms with Crippen molar-refractivity contribution in [2.45, 2.75) is 39.2 Å². The summed E-state index contributed by atoms with van der Waals surface area (Å²) in [5, 5.41) is 12.9. The quantitative estimate of drug-likeness (QED) is 0.715. The highest BCUT2D eigenvalue weighted by Crippen LogP contribution is 2.20. The molecule has 0 radical (unpaired) electrons. The Labute approximate surface area is 169 Å². The minimum atomic E-state index is -1.29. The maximum atomic E-state index is 13.7. The summed E-state index contributed by atoms with van der Waals surface area (Å²) in [6.07, 6.45) is 0.778. The molecule has 0 aliphatic carbocycles. The Morgan fingerprint density at radius 3 is 2.59 bits per heavy atom. The van der Waals surface area contributed by atoms with Gasteiger partial charge in [0.1, 0.15) is 11.6 Å². The van der Waals surface area contributed by atoms with Crippen LogP contribution in [-0.4, -0.2) is 64.9 Å². The van der Waals surface area contributed by atoms with Gasteiger partial charge in [0.25, 0.3) is 0 Å². The zero-order valence-corrected chi connectivity index (χ0v) is 17.0. The van der Waals surface area contributed by atoms with E-state index in [2.05, 4.69) is 26.9 Å². The molecule has 9 heteroatoms. The van der Waals surface area contributed by atoms with Crippen LogP contribution in [0.25, 0.3) is 0 Å². The summed E-state index contributed by atoms with van der Waals surface area (Å²) < 4.78 is 24.7. The van der Waals surface area contributed by atoms with Crippen LogP contribution in [0.4, 0.5) is 10.4 Å². The van der Waals surface area contributed by atoms with Crippen LogP contribution < -0.4 is 9.64 Å². The number of hydrogen-bond acceptors (Lipinski definition) is 7. The number of aromatic carboxylic acids is 1. The van der Waals surface area contributed by atoms with Gasteiger partial charge in [-0.15, -0.1) is 0 Å². The van der Waals surface area contributed by atoms with Gasteiger partial charge in [0.2, 0.25) is 0 Å². The Kier molecular flexibility index (Phi) is 6.68. The van der Waals surface area contributed by atoms with Gasteiger partial charge in [-0.3, -0.25) is 4.90 Å². The van der Waals surface area contributed by atoms with E-state index in [1.165, 1.54) is 12.1 Å². The second kappa shape index (κ2) is 9.21. The molecule has 8 nitrogen and oxygen atoms in total. The first-order valence-corrected chi connectivity index (χ1v) is 9.83. The fourth-order valence-corrected chi connectivity index (χ4v) is 3.23. The molecular formula is C20H27FN4O4. The highest BCUT2D eigenvalue weighted by molar-refractivity contribution is 5.88. The Hall–Kier alpha value is -2.68. The molecule has 3 rings (SSSR count). The first-order chi connectivity index (χ1) is 13.8. The molecule has 2 aromatic rings. The number of aromatic nitrogens is 2. The van der Waals surface area contributed by atoms with Crippen molar-refractivity contribution in [3.63, 3.8) is 0 Å². The Balaban J connectivity index is 1.43. The molecule has 1 fully saturated rings. The molecule has 2 heterocycles. The summed E-state index contributed by atoms with van der Waals surface area (Å²) in [6, 6.07) is 4.69. The normalized spacial score (nSPS) is 16.2. The van der Waals surface area contributed by atoms with Crippen molar-refractivity contribution in [3.8, 4) is 5.75 Å². The second-order valence-corrected chi connectivity index (χ2v) is 7.55. The van der Waals surface area contributed by atoms with Gasteiger partial charge in [0.15, 0.2) is 5.82 Å². The molecule has 1 saturated heterocycles. The van der Waals surface area contributed by atoms with E-state index < -0.39 is 11.8 Å². The lowest BCUT2D eigenvalue weighted by Crippen LogP contribution is -2.50. The van der Waals surface area contributed by atoms with E-state index in [-0.39, 0.29) is 11.5 Å². The van der Waals surface area contributed by atoms with Gasteiger partial charge in [0, 0.05) is 44.2 Å². The first kappa shape index (κ1) is 21.0. The number of rotatable bonds is 8. The van der Waals surface area contributed by atoms with Gasteiger partial charge < -0.3 is 19.3 Å². The fourth-order valence-electron chi connectivity index (χ4n) is 3.23. The monoisotopic (exact) mass is 406 g/mol. The van der Waals surface area contributed by atoms with E-state index in [1.807, 2.05) is 13.8 Å². The predicted octanol–water partition coefficient (Wildman–Crippen LogP) is 3.01. The minimum absolute atomic E-state index is 0.239. The highest BCUT2D eigenvalue weighted by Gasteiger charge is 2.24. The number of carboxylic acid groups (broad SMARTS) is 1. The molecule has 1 aliphatic heterocycles. The van der Waals surface area contributed by atoms with Gasteiger partial charge in [-0.25, -0.2) is 9.18 Å². The van der Waals surface area contributed by atoms with E-state index in [0.717, 1.165) is 44.5 Å². The van der Waals surface area contributed by atoms with Crippen molar-refractivity contribution in [2.75, 3.05) is 37.7 Å². The van der Waals surface area contributed by atoms with Gasteiger partial charge >= 0.3 is 12.0 Å². The van der Waals surface area contributed by atoms with Crippen LogP contribution in [0.1, 0.15) is 49.3 Å². The number of ether oxygens (including phenoxy) is 1. The molecule has 0 saturated carbocycles. The molecule has 1 N–H and O–H groups in total. The number of carbonyl (C=O) groups is 1. The Bertz CT molecular complexity index is 834. The highest BCUT2D eigenvalue weighted by atomic mass is 19.1. The molecule has 0 amide bonds. The van der Waals surface area contributed by atoms with Crippen LogP contribution in [0, 0.1) is 5.82 Å². The molecule has 158 valence electrons. The van der Waals surface area contributed by atoms with Gasteiger partial charge in [-0.05, 0) is 25.5 Å². The zero-order chi connectivity index (χ0) is 21.0. The molecular weight excluding hydrogens is 379 g/mol. The van der Waals surface area contributed by atoms with Gasteiger partial charge in [-0.2, -0.15) is 4.98 Å². The van der Waals surface area contributed by atoms with Crippen LogP contribution in [0.15, 0.2) is 22.7 Å². The maximum absolute atomic E-state index is 13.7. The Morgan fingerprint density at radius 2 is 2.00 bits per heavy atom. The van der Waals surface area contributed by atoms with Crippen LogP contribution in [0.3, 0.4) is 0 Å². The number of nitrogens with zero attached hydrogens (tertiary/aromatic N) is 4. The number of halogens is 1. The first-order valence-electron chi connectivity index (χ1n) is 9.83. The van der Waals surface area contributed by atoms with Crippen molar-refractivity contribution >= 4 is 12.0 Å². The number of anilines is 1. The van der Waals surface area contributed by atoms with E-state index in [0.29, 0.717) is 24.4 Å². The van der Waals surface area contributed by atoms with E-state index in [9.17, 15) is 9.18 Å². The lowest BCUT2D eigenvalue weighted by Gasteiger charge is -2.37. The van der Waals surface area contributed by atoms with Crippen LogP contribution in [-0.2, 0) is 0 Å². The molecule has 29 heavy (non-hydrogen) atoms. The van der Waals surface area contributed by atoms with E-state index in [1.54, 1.807) is 0 Å². The van der Waals surface area contributed by atoms with E-state index >= 15 is 0 Å². The fraction of sp³-hybridized carbons (Fsp3) is 0.550. The van der Waals surface area contributed by atoms with Crippen molar-refractivity contribution in [1.82, 2.24) is 15.0 Å². The summed E-state index contributed by atoms with van der Waals surface area (Å²) in [6.45, 7) is 10.0. The van der Waals surface area contributed by atoms with Crippen molar-refractivity contribution in [3.05, 3.63) is 35.4 Å². The smallest absolute Gasteiger partial charge is 0.338 e. The molecule has 1 atom stereocenters. The van der Waals surface area contributed by atoms with Gasteiger partial charge in [-0.1, -0.05) is 19.0 Å². The summed E-state index contributed by atoms with van der Waals surface area (Å²) >= 11 is 0. The largest absolute Gasteiger partial charge is 0.493 e. The van der Waals surface area contributed by atoms with Gasteiger partial charge in [0.05, 0.1) is 12.2 Å². The topological polar surface area (TPSA) is 91.9 Å². The van der Waals surface area contributed by atoms with Crippen molar-refractivity contribution in [1.29, 1.82) is 0 Å². The average molecular weight is 406 g/mol. The summed E-state index contributed by atoms with van der Waals surface area (Å²) in [5.41, 5.74) is -0.356. The van der Waals surface area contributed by atoms with Crippen LogP contribution in [0.5, 0.6) is 5.75 Å². The SMILES string of the molecule is CC(C)c1noc(N2CCN([C@@H](C)CCOc3ccc(C(=O)O)c(F)c3)CC2)n1. The van der Waals surface area contributed by atoms with Crippen molar-refractivity contribution in [2.24, 2.45) is 0 Å². The summed E-state index contributed by atoms with van der Waals surface area (Å²) in [7, 11) is 0. The third kappa shape index (κ3) is 5.23. The molecule has 1 aliphatic rings. The Morgan fingerprint density at radius 1 is 1.28 bits per heavy atom. The number of piperazine rings is 1. The lowest BCUT2D eigenvalue weighted by molar-refractivity contribution is 0.0692. The number of benzene rings is 1. The van der Waals surface area contributed by atoms with Crippen molar-refractivity contribution < 1.29 is 23.6 Å². The average Bonchev–Trinajstić information content (AvgIpc) is 3.18. The predicted molar refractivity (Wildman–Crippen MR) is 105 cm³/mol. The van der Waals surface area contributed by atoms with E-state index in [4.69, 9.17) is 14.4 Å². The summed E-state index contributed by atoms with van der Waals surface area (Å²) in [5.74, 6) is -0.783.